The van der Waals surface area contributed by atoms with Crippen molar-refractivity contribution < 1.29 is 28.6 Å². The summed E-state index contributed by atoms with van der Waals surface area (Å²) in [5.41, 5.74) is 0. The van der Waals surface area contributed by atoms with Gasteiger partial charge in [-0.15, -0.1) is 0 Å². The molecule has 0 N–H and O–H groups in total. The highest BCUT2D eigenvalue weighted by atomic mass is 16.6. The number of carbonyl (C=O) groups excluding carboxylic acids is 3. The highest BCUT2D eigenvalue weighted by Crippen LogP contribution is 2.02. The van der Waals surface area contributed by atoms with Gasteiger partial charge in [0, 0.05) is 6.92 Å². The number of carbonyl (C=O) groups is 3. The Bertz CT molecular complexity index is 286. The summed E-state index contributed by atoms with van der Waals surface area (Å²) in [6.07, 6.45) is 0.737. The Kier molecular flexibility index (Phi) is 8.82. The summed E-state index contributed by atoms with van der Waals surface area (Å²) in [5, 5.41) is 0. The summed E-state index contributed by atoms with van der Waals surface area (Å²) < 4.78 is 14.6. The molecule has 0 saturated heterocycles. The van der Waals surface area contributed by atoms with E-state index in [1.165, 1.54) is 0 Å². The maximum Gasteiger partial charge on any atom is 0.374 e. The predicted octanol–water partition coefficient (Wildman–Crippen LogP) is 0.724. The molecule has 0 aromatic rings. The topological polar surface area (TPSA) is 78.9 Å². The lowest BCUT2D eigenvalue weighted by molar-refractivity contribution is -0.154. The van der Waals surface area contributed by atoms with Crippen LogP contribution in [0.5, 0.6) is 0 Å². The van der Waals surface area contributed by atoms with Crippen molar-refractivity contribution in [3.05, 3.63) is 0 Å². The first kappa shape index (κ1) is 16.6. The van der Waals surface area contributed by atoms with E-state index in [4.69, 9.17) is 9.47 Å². The Labute approximate surface area is 107 Å². The van der Waals surface area contributed by atoms with E-state index in [1.54, 1.807) is 6.92 Å². The molecule has 1 unspecified atom stereocenters. The van der Waals surface area contributed by atoms with Gasteiger partial charge in [0.1, 0.15) is 13.2 Å². The molecule has 0 aliphatic heterocycles. The molecule has 18 heavy (non-hydrogen) atoms. The molecule has 6 heteroatoms. The van der Waals surface area contributed by atoms with Gasteiger partial charge >= 0.3 is 11.9 Å². The van der Waals surface area contributed by atoms with Crippen LogP contribution in [-0.4, -0.2) is 44.1 Å². The van der Waals surface area contributed by atoms with E-state index in [-0.39, 0.29) is 38.3 Å². The molecule has 0 aromatic heterocycles. The fourth-order valence-corrected chi connectivity index (χ4v) is 0.907. The number of ether oxygens (including phenoxy) is 3. The van der Waals surface area contributed by atoms with Gasteiger partial charge in [0.15, 0.2) is 0 Å². The van der Waals surface area contributed by atoms with Crippen molar-refractivity contribution in [1.29, 1.82) is 0 Å². The molecule has 0 aliphatic carbocycles. The Morgan fingerprint density at radius 3 is 2.06 bits per heavy atom. The Hall–Kier alpha value is -1.43. The van der Waals surface area contributed by atoms with Crippen molar-refractivity contribution in [3.8, 4) is 0 Å². The number of Topliss-reactive ketones (excluding diaryl/α,β-unsaturated/α-hetero) is 1. The Morgan fingerprint density at radius 2 is 1.56 bits per heavy atom. The second-order valence-electron chi connectivity index (χ2n) is 3.78. The van der Waals surface area contributed by atoms with E-state index in [0.717, 1.165) is 13.3 Å². The molecule has 0 saturated carbocycles. The molecule has 0 fully saturated rings. The van der Waals surface area contributed by atoms with Gasteiger partial charge in [-0.25, -0.2) is 4.79 Å². The lowest BCUT2D eigenvalue weighted by Crippen LogP contribution is -2.19. The van der Waals surface area contributed by atoms with Crippen LogP contribution in [0.3, 0.4) is 0 Å². The summed E-state index contributed by atoms with van der Waals surface area (Å²) >= 11 is 0. The monoisotopic (exact) mass is 260 g/mol. The standard InChI is InChI=1S/C12H20O6/c1-4-9(2)11(14)17-7-5-16-6-8-18-12(15)10(3)13/h9H,4-8H2,1-3H3. The van der Waals surface area contributed by atoms with Crippen LogP contribution in [0.1, 0.15) is 27.2 Å². The quantitative estimate of drug-likeness (QED) is 0.345. The first-order valence-electron chi connectivity index (χ1n) is 5.91. The van der Waals surface area contributed by atoms with Crippen LogP contribution < -0.4 is 0 Å². The fraction of sp³-hybridized carbons (Fsp3) is 0.750. The second kappa shape index (κ2) is 9.58. The average Bonchev–Trinajstić information content (AvgIpc) is 2.35. The minimum absolute atomic E-state index is 0.0116. The van der Waals surface area contributed by atoms with Crippen LogP contribution in [0.4, 0.5) is 0 Å². The van der Waals surface area contributed by atoms with E-state index in [2.05, 4.69) is 4.74 Å². The van der Waals surface area contributed by atoms with Gasteiger partial charge in [0.2, 0.25) is 5.78 Å². The summed E-state index contributed by atoms with van der Waals surface area (Å²) in [7, 11) is 0. The maximum absolute atomic E-state index is 11.2. The van der Waals surface area contributed by atoms with E-state index >= 15 is 0 Å². The molecule has 0 aromatic carbocycles. The van der Waals surface area contributed by atoms with Crippen molar-refractivity contribution >= 4 is 17.7 Å². The number of hydrogen-bond acceptors (Lipinski definition) is 6. The minimum atomic E-state index is -0.873. The summed E-state index contributed by atoms with van der Waals surface area (Å²) in [6, 6.07) is 0. The third-order valence-electron chi connectivity index (χ3n) is 2.24. The first-order valence-corrected chi connectivity index (χ1v) is 5.91. The Balaban J connectivity index is 3.39. The fourth-order valence-electron chi connectivity index (χ4n) is 0.907. The molecule has 0 heterocycles. The third kappa shape index (κ3) is 7.78. The van der Waals surface area contributed by atoms with Gasteiger partial charge in [-0.3, -0.25) is 9.59 Å². The van der Waals surface area contributed by atoms with E-state index in [1.807, 2.05) is 6.92 Å². The normalized spacial score (nSPS) is 11.7. The van der Waals surface area contributed by atoms with Gasteiger partial charge in [-0.05, 0) is 6.42 Å². The maximum atomic E-state index is 11.2. The molecule has 0 bridgehead atoms. The van der Waals surface area contributed by atoms with Gasteiger partial charge < -0.3 is 14.2 Å². The average molecular weight is 260 g/mol. The lowest BCUT2D eigenvalue weighted by atomic mass is 10.1. The van der Waals surface area contributed by atoms with Crippen molar-refractivity contribution in [2.75, 3.05) is 26.4 Å². The van der Waals surface area contributed by atoms with E-state index < -0.39 is 11.8 Å². The van der Waals surface area contributed by atoms with E-state index in [0.29, 0.717) is 0 Å². The van der Waals surface area contributed by atoms with Crippen LogP contribution in [0.25, 0.3) is 0 Å². The van der Waals surface area contributed by atoms with Gasteiger partial charge in [0.05, 0.1) is 19.1 Å². The van der Waals surface area contributed by atoms with Crippen LogP contribution in [0.15, 0.2) is 0 Å². The molecule has 0 radical (unpaired) electrons. The Morgan fingerprint density at radius 1 is 1.00 bits per heavy atom. The summed E-state index contributed by atoms with van der Waals surface area (Å²) in [5.74, 6) is -1.87. The molecule has 6 nitrogen and oxygen atoms in total. The lowest BCUT2D eigenvalue weighted by Gasteiger charge is -2.09. The number of rotatable bonds is 9. The summed E-state index contributed by atoms with van der Waals surface area (Å²) in [4.78, 5) is 32.5. The molecule has 0 rings (SSSR count). The van der Waals surface area contributed by atoms with E-state index in [9.17, 15) is 14.4 Å². The third-order valence-corrected chi connectivity index (χ3v) is 2.24. The number of esters is 2. The van der Waals surface area contributed by atoms with Gasteiger partial charge in [-0.2, -0.15) is 0 Å². The highest BCUT2D eigenvalue weighted by Gasteiger charge is 2.11. The van der Waals surface area contributed by atoms with Crippen LogP contribution in [0.2, 0.25) is 0 Å². The zero-order valence-electron chi connectivity index (χ0n) is 11.1. The van der Waals surface area contributed by atoms with Crippen molar-refractivity contribution in [2.45, 2.75) is 27.2 Å². The van der Waals surface area contributed by atoms with Crippen LogP contribution in [-0.2, 0) is 28.6 Å². The van der Waals surface area contributed by atoms with Gasteiger partial charge in [-0.1, -0.05) is 13.8 Å². The SMILES string of the molecule is CCC(C)C(=O)OCCOCCOC(=O)C(C)=O. The van der Waals surface area contributed by atoms with Crippen LogP contribution >= 0.6 is 0 Å². The van der Waals surface area contributed by atoms with Crippen molar-refractivity contribution in [3.63, 3.8) is 0 Å². The second-order valence-corrected chi connectivity index (χ2v) is 3.78. The van der Waals surface area contributed by atoms with Crippen molar-refractivity contribution in [2.24, 2.45) is 5.92 Å². The highest BCUT2D eigenvalue weighted by molar-refractivity contribution is 6.32. The molecule has 104 valence electrons. The molecular formula is C12H20O6. The first-order chi connectivity index (χ1) is 8.49. The molecule has 0 aliphatic rings. The number of ketones is 1. The molecule has 0 spiro atoms. The number of hydrogen-bond donors (Lipinski definition) is 0. The zero-order valence-corrected chi connectivity index (χ0v) is 11.1. The summed E-state index contributed by atoms with van der Waals surface area (Å²) in [6.45, 7) is 5.43. The van der Waals surface area contributed by atoms with Crippen LogP contribution in [0, 0.1) is 5.92 Å². The van der Waals surface area contributed by atoms with Crippen molar-refractivity contribution in [1.82, 2.24) is 0 Å². The molecule has 0 amide bonds. The predicted molar refractivity (Wildman–Crippen MR) is 62.9 cm³/mol. The smallest absolute Gasteiger partial charge is 0.374 e. The molecule has 1 atom stereocenters. The molecular weight excluding hydrogens is 240 g/mol. The largest absolute Gasteiger partial charge is 0.463 e. The zero-order chi connectivity index (χ0) is 14.0. The van der Waals surface area contributed by atoms with Gasteiger partial charge in [0.25, 0.3) is 0 Å². The minimum Gasteiger partial charge on any atom is -0.463 e.